The molecule has 0 saturated carbocycles. The van der Waals surface area contributed by atoms with Crippen LogP contribution in [0.25, 0.3) is 0 Å². The Kier molecular flexibility index (Phi) is 11.2. The molecule has 0 aliphatic rings. The maximum Gasteiger partial charge on any atom is 0.190 e. The number of thiophene rings is 1. The lowest BCUT2D eigenvalue weighted by atomic mass is 10.3. The van der Waals surface area contributed by atoms with Crippen LogP contribution < -0.4 is 16.0 Å². The molecule has 0 bridgehead atoms. The highest BCUT2D eigenvalue weighted by atomic mass is 127. The van der Waals surface area contributed by atoms with Gasteiger partial charge in [0, 0.05) is 37.8 Å². The quantitative estimate of drug-likeness (QED) is 0.233. The average Bonchev–Trinajstić information content (AvgIpc) is 3.10. The predicted molar refractivity (Wildman–Crippen MR) is 115 cm³/mol. The first-order valence-corrected chi connectivity index (χ1v) is 8.88. The van der Waals surface area contributed by atoms with E-state index < -0.39 is 0 Å². The summed E-state index contributed by atoms with van der Waals surface area (Å²) >= 11 is 1.79. The summed E-state index contributed by atoms with van der Waals surface area (Å²) in [5.74, 6) is 1.81. The number of aromatic nitrogens is 1. The Hall–Kier alpha value is -1.35. The molecule has 7 heteroatoms. The van der Waals surface area contributed by atoms with Crippen molar-refractivity contribution in [1.82, 2.24) is 15.6 Å². The van der Waals surface area contributed by atoms with E-state index in [-0.39, 0.29) is 24.0 Å². The molecule has 0 fully saturated rings. The molecule has 24 heavy (non-hydrogen) atoms. The summed E-state index contributed by atoms with van der Waals surface area (Å²) in [5.41, 5.74) is 0. The van der Waals surface area contributed by atoms with Crippen molar-refractivity contribution < 1.29 is 0 Å². The van der Waals surface area contributed by atoms with Crippen LogP contribution in [0, 0.1) is 0 Å². The molecule has 3 N–H and O–H groups in total. The highest BCUT2D eigenvalue weighted by molar-refractivity contribution is 14.0. The summed E-state index contributed by atoms with van der Waals surface area (Å²) < 4.78 is 0. The summed E-state index contributed by atoms with van der Waals surface area (Å²) in [6.07, 6.45) is 5.02. The fourth-order valence-corrected chi connectivity index (χ4v) is 2.83. The fraction of sp³-hybridized carbons (Fsp3) is 0.412. The highest BCUT2D eigenvalue weighted by Gasteiger charge is 1.98. The normalized spacial score (nSPS) is 10.8. The third-order valence-corrected chi connectivity index (χ3v) is 4.27. The van der Waals surface area contributed by atoms with Gasteiger partial charge < -0.3 is 16.0 Å². The molecule has 0 radical (unpaired) electrons. The van der Waals surface area contributed by atoms with Crippen LogP contribution in [-0.2, 0) is 6.42 Å². The van der Waals surface area contributed by atoms with E-state index in [2.05, 4.69) is 43.4 Å². The maximum absolute atomic E-state index is 4.24. The molecular formula is C17H26IN5S. The lowest BCUT2D eigenvalue weighted by Gasteiger charge is -2.11. The minimum Gasteiger partial charge on any atom is -0.370 e. The summed E-state index contributed by atoms with van der Waals surface area (Å²) in [5, 5.41) is 12.1. The number of rotatable bonds is 9. The average molecular weight is 459 g/mol. The van der Waals surface area contributed by atoms with Crippen molar-refractivity contribution in [3.8, 4) is 0 Å². The molecule has 0 saturated heterocycles. The zero-order valence-electron chi connectivity index (χ0n) is 14.0. The molecule has 0 unspecified atom stereocenters. The van der Waals surface area contributed by atoms with Gasteiger partial charge in [-0.1, -0.05) is 12.1 Å². The number of nitrogens with one attached hydrogen (secondary N) is 3. The van der Waals surface area contributed by atoms with Crippen LogP contribution in [0.15, 0.2) is 46.9 Å². The Balaban J connectivity index is 0.00000288. The first-order chi connectivity index (χ1) is 11.4. The first-order valence-electron chi connectivity index (χ1n) is 8.00. The van der Waals surface area contributed by atoms with Gasteiger partial charge in [-0.2, -0.15) is 0 Å². The number of anilines is 1. The van der Waals surface area contributed by atoms with Gasteiger partial charge in [-0.05, 0) is 42.8 Å². The molecule has 2 heterocycles. The largest absolute Gasteiger partial charge is 0.370 e. The Bertz CT molecular complexity index is 560. The summed E-state index contributed by atoms with van der Waals surface area (Å²) in [6, 6.07) is 10.1. The second-order valence-corrected chi connectivity index (χ2v) is 6.14. The number of hydrogen-bond acceptors (Lipinski definition) is 4. The Morgan fingerprint density at radius 1 is 1.08 bits per heavy atom. The van der Waals surface area contributed by atoms with Crippen molar-refractivity contribution in [2.75, 3.05) is 32.0 Å². The number of aliphatic imine (C=N–C) groups is 1. The SMILES string of the molecule is CN=C(NCCCCNc1ccccn1)NCCc1cccs1.I. The summed E-state index contributed by atoms with van der Waals surface area (Å²) in [7, 11) is 1.81. The number of guanidine groups is 1. The van der Waals surface area contributed by atoms with E-state index in [4.69, 9.17) is 0 Å². The number of unbranched alkanes of at least 4 members (excludes halogenated alkanes) is 1. The van der Waals surface area contributed by atoms with Crippen molar-refractivity contribution in [2.45, 2.75) is 19.3 Å². The highest BCUT2D eigenvalue weighted by Crippen LogP contribution is 2.07. The molecule has 0 spiro atoms. The molecule has 2 aromatic rings. The molecule has 2 aromatic heterocycles. The minimum atomic E-state index is 0. The third kappa shape index (κ3) is 8.49. The number of pyridine rings is 1. The molecule has 2 rings (SSSR count). The monoisotopic (exact) mass is 459 g/mol. The lowest BCUT2D eigenvalue weighted by Crippen LogP contribution is -2.38. The van der Waals surface area contributed by atoms with Gasteiger partial charge in [-0.15, -0.1) is 35.3 Å². The first kappa shape index (κ1) is 20.7. The van der Waals surface area contributed by atoms with Crippen molar-refractivity contribution in [1.29, 1.82) is 0 Å². The van der Waals surface area contributed by atoms with Crippen LogP contribution in [0.1, 0.15) is 17.7 Å². The zero-order valence-corrected chi connectivity index (χ0v) is 17.1. The van der Waals surface area contributed by atoms with E-state index in [1.807, 2.05) is 25.2 Å². The second-order valence-electron chi connectivity index (χ2n) is 5.10. The molecule has 5 nitrogen and oxygen atoms in total. The Morgan fingerprint density at radius 2 is 1.92 bits per heavy atom. The van der Waals surface area contributed by atoms with Crippen LogP contribution in [0.2, 0.25) is 0 Å². The standard InChI is InChI=1S/C17H25N5S.HI/c1-18-17(22-13-9-15-7-6-14-23-15)21-12-5-4-11-20-16-8-2-3-10-19-16;/h2-3,6-8,10,14H,4-5,9,11-13H2,1H3,(H,19,20)(H2,18,21,22);1H. The van der Waals surface area contributed by atoms with Gasteiger partial charge >= 0.3 is 0 Å². The van der Waals surface area contributed by atoms with Gasteiger partial charge in [-0.25, -0.2) is 4.98 Å². The van der Waals surface area contributed by atoms with E-state index in [1.54, 1.807) is 17.5 Å². The zero-order chi connectivity index (χ0) is 16.2. The van der Waals surface area contributed by atoms with Crippen LogP contribution in [-0.4, -0.2) is 37.6 Å². The van der Waals surface area contributed by atoms with Crippen molar-refractivity contribution in [3.05, 3.63) is 46.8 Å². The topological polar surface area (TPSA) is 61.3 Å². The van der Waals surface area contributed by atoms with Crippen LogP contribution in [0.5, 0.6) is 0 Å². The van der Waals surface area contributed by atoms with Gasteiger partial charge in [0.25, 0.3) is 0 Å². The Morgan fingerprint density at radius 3 is 2.62 bits per heavy atom. The van der Waals surface area contributed by atoms with E-state index in [9.17, 15) is 0 Å². The lowest BCUT2D eigenvalue weighted by molar-refractivity contribution is 0.711. The van der Waals surface area contributed by atoms with E-state index in [0.717, 1.165) is 50.7 Å². The van der Waals surface area contributed by atoms with Crippen LogP contribution in [0.4, 0.5) is 5.82 Å². The fourth-order valence-electron chi connectivity index (χ4n) is 2.12. The number of hydrogen-bond donors (Lipinski definition) is 3. The van der Waals surface area contributed by atoms with Gasteiger partial charge in [0.15, 0.2) is 5.96 Å². The minimum absolute atomic E-state index is 0. The molecule has 0 aliphatic heterocycles. The van der Waals surface area contributed by atoms with E-state index >= 15 is 0 Å². The van der Waals surface area contributed by atoms with E-state index in [0.29, 0.717) is 0 Å². The Labute approximate surface area is 165 Å². The smallest absolute Gasteiger partial charge is 0.190 e. The maximum atomic E-state index is 4.24. The van der Waals surface area contributed by atoms with E-state index in [1.165, 1.54) is 4.88 Å². The van der Waals surface area contributed by atoms with Gasteiger partial charge in [0.1, 0.15) is 5.82 Å². The van der Waals surface area contributed by atoms with Crippen LogP contribution in [0.3, 0.4) is 0 Å². The predicted octanol–water partition coefficient (Wildman–Crippen LogP) is 3.36. The number of halogens is 1. The number of nitrogens with zero attached hydrogens (tertiary/aromatic N) is 2. The van der Waals surface area contributed by atoms with Crippen molar-refractivity contribution in [2.24, 2.45) is 4.99 Å². The van der Waals surface area contributed by atoms with Crippen molar-refractivity contribution >= 4 is 47.1 Å². The molecule has 132 valence electrons. The molecule has 0 atom stereocenters. The summed E-state index contributed by atoms with van der Waals surface area (Å²) in [4.78, 5) is 9.88. The molecule has 0 amide bonds. The van der Waals surface area contributed by atoms with Gasteiger partial charge in [0.2, 0.25) is 0 Å². The van der Waals surface area contributed by atoms with Gasteiger partial charge in [-0.3, -0.25) is 4.99 Å². The third-order valence-electron chi connectivity index (χ3n) is 3.33. The summed E-state index contributed by atoms with van der Waals surface area (Å²) in [6.45, 7) is 2.76. The van der Waals surface area contributed by atoms with Crippen molar-refractivity contribution in [3.63, 3.8) is 0 Å². The molecule has 0 aliphatic carbocycles. The molecule has 0 aromatic carbocycles. The van der Waals surface area contributed by atoms with Gasteiger partial charge in [0.05, 0.1) is 0 Å². The molecular weight excluding hydrogens is 433 g/mol. The second kappa shape index (κ2) is 13.0. The van der Waals surface area contributed by atoms with Crippen LogP contribution >= 0.6 is 35.3 Å².